The molecule has 2 aliphatic rings. The molecule has 102 valence electrons. The van der Waals surface area contributed by atoms with Gasteiger partial charge in [0.25, 0.3) is 0 Å². The summed E-state index contributed by atoms with van der Waals surface area (Å²) in [4.78, 5) is 20.0. The molecule has 3 N–H and O–H groups in total. The highest BCUT2D eigenvalue weighted by Crippen LogP contribution is 2.24. The monoisotopic (exact) mass is 261 g/mol. The van der Waals surface area contributed by atoms with Crippen LogP contribution in [0.5, 0.6) is 0 Å². The van der Waals surface area contributed by atoms with E-state index in [1.54, 1.807) is 6.20 Å². The van der Waals surface area contributed by atoms with E-state index in [2.05, 4.69) is 15.4 Å². The number of hydrazine groups is 1. The topological polar surface area (TPSA) is 84.1 Å². The molecule has 1 saturated carbocycles. The number of hydrogen-bond donors (Lipinski definition) is 2. The molecular weight excluding hydrogens is 242 g/mol. The minimum atomic E-state index is 0.119. The third-order valence-corrected chi connectivity index (χ3v) is 3.86. The van der Waals surface area contributed by atoms with E-state index in [4.69, 9.17) is 5.73 Å². The molecule has 1 aromatic rings. The van der Waals surface area contributed by atoms with Gasteiger partial charge in [-0.3, -0.25) is 9.80 Å². The summed E-state index contributed by atoms with van der Waals surface area (Å²) in [5, 5.41) is 1.99. The quantitative estimate of drug-likeness (QED) is 0.813. The lowest BCUT2D eigenvalue weighted by molar-refractivity contribution is 0.0976. The summed E-state index contributed by atoms with van der Waals surface area (Å²) in [6, 6.07) is 0.655. The second-order valence-corrected chi connectivity index (χ2v) is 5.34. The minimum absolute atomic E-state index is 0.119. The van der Waals surface area contributed by atoms with E-state index >= 15 is 0 Å². The molecule has 0 radical (unpaired) electrons. The van der Waals surface area contributed by atoms with Gasteiger partial charge in [-0.15, -0.1) is 0 Å². The van der Waals surface area contributed by atoms with E-state index < -0.39 is 0 Å². The van der Waals surface area contributed by atoms with E-state index in [9.17, 15) is 4.79 Å². The van der Waals surface area contributed by atoms with Gasteiger partial charge in [0.05, 0.1) is 5.56 Å². The third kappa shape index (κ3) is 2.59. The van der Waals surface area contributed by atoms with E-state index in [1.807, 2.05) is 5.01 Å². The van der Waals surface area contributed by atoms with E-state index in [1.165, 1.54) is 6.33 Å². The number of carbonyl (C=O) groups is 1. The van der Waals surface area contributed by atoms with Crippen molar-refractivity contribution >= 4 is 11.6 Å². The van der Waals surface area contributed by atoms with Crippen molar-refractivity contribution < 1.29 is 4.79 Å². The van der Waals surface area contributed by atoms with E-state index in [-0.39, 0.29) is 11.8 Å². The van der Waals surface area contributed by atoms with Crippen LogP contribution >= 0.6 is 0 Å². The van der Waals surface area contributed by atoms with Gasteiger partial charge in [-0.1, -0.05) is 6.42 Å². The normalized spacial score (nSPS) is 27.2. The van der Waals surface area contributed by atoms with Crippen LogP contribution in [-0.2, 0) is 0 Å². The molecule has 2 atom stereocenters. The first-order valence-corrected chi connectivity index (χ1v) is 6.86. The van der Waals surface area contributed by atoms with Gasteiger partial charge in [-0.2, -0.15) is 0 Å². The Morgan fingerprint density at radius 2 is 2.32 bits per heavy atom. The zero-order valence-electron chi connectivity index (χ0n) is 10.9. The zero-order chi connectivity index (χ0) is 13.2. The summed E-state index contributed by atoms with van der Waals surface area (Å²) in [6.07, 6.45) is 7.96. The highest BCUT2D eigenvalue weighted by molar-refractivity contribution is 6.01. The maximum atomic E-state index is 11.8. The van der Waals surface area contributed by atoms with Crippen molar-refractivity contribution in [3.63, 3.8) is 0 Å². The van der Waals surface area contributed by atoms with E-state index in [0.717, 1.165) is 25.7 Å². The molecule has 0 aromatic carbocycles. The number of rotatable bonds is 2. The Morgan fingerprint density at radius 1 is 1.42 bits per heavy atom. The predicted molar refractivity (Wildman–Crippen MR) is 71.7 cm³/mol. The molecule has 0 unspecified atom stereocenters. The molecule has 6 heteroatoms. The van der Waals surface area contributed by atoms with Gasteiger partial charge in [0.15, 0.2) is 11.6 Å². The fourth-order valence-electron chi connectivity index (χ4n) is 2.88. The predicted octanol–water partition coefficient (Wildman–Crippen LogP) is 0.644. The average molecular weight is 261 g/mol. The van der Waals surface area contributed by atoms with Gasteiger partial charge in [-0.05, 0) is 19.3 Å². The summed E-state index contributed by atoms with van der Waals surface area (Å²) in [5.41, 5.74) is 10.1. The number of ketones is 1. The number of aromatic nitrogens is 2. The Morgan fingerprint density at radius 3 is 3.16 bits per heavy atom. The van der Waals surface area contributed by atoms with Crippen molar-refractivity contribution in [2.24, 2.45) is 5.73 Å². The fraction of sp³-hybridized carbons (Fsp3) is 0.615. The number of hydrogen-bond acceptors (Lipinski definition) is 6. The Labute approximate surface area is 112 Å². The summed E-state index contributed by atoms with van der Waals surface area (Å²) < 4.78 is 0. The molecule has 19 heavy (non-hydrogen) atoms. The molecule has 2 heterocycles. The minimum Gasteiger partial charge on any atom is -0.328 e. The van der Waals surface area contributed by atoms with Gasteiger partial charge in [-0.25, -0.2) is 15.4 Å². The second kappa shape index (κ2) is 5.22. The third-order valence-electron chi connectivity index (χ3n) is 3.86. The first-order chi connectivity index (χ1) is 9.24. The van der Waals surface area contributed by atoms with Crippen molar-refractivity contribution in [1.82, 2.24) is 15.4 Å². The molecule has 0 amide bonds. The van der Waals surface area contributed by atoms with Gasteiger partial charge >= 0.3 is 0 Å². The fourth-order valence-corrected chi connectivity index (χ4v) is 2.88. The van der Waals surface area contributed by atoms with Gasteiger partial charge in [0, 0.05) is 31.2 Å². The number of nitrogens with one attached hydrogen (secondary N) is 1. The largest absolute Gasteiger partial charge is 0.328 e. The molecule has 0 saturated heterocycles. The van der Waals surface area contributed by atoms with Crippen LogP contribution in [0, 0.1) is 0 Å². The highest BCUT2D eigenvalue weighted by Gasteiger charge is 2.27. The van der Waals surface area contributed by atoms with Crippen molar-refractivity contribution in [3.05, 3.63) is 18.1 Å². The zero-order valence-corrected chi connectivity index (χ0v) is 10.9. The van der Waals surface area contributed by atoms with Crippen LogP contribution in [0.4, 0.5) is 5.82 Å². The molecular formula is C13H19N5O. The summed E-state index contributed by atoms with van der Waals surface area (Å²) >= 11 is 0. The van der Waals surface area contributed by atoms with Crippen molar-refractivity contribution in [1.29, 1.82) is 0 Å². The first kappa shape index (κ1) is 12.5. The van der Waals surface area contributed by atoms with Crippen LogP contribution in [-0.4, -0.2) is 34.4 Å². The van der Waals surface area contributed by atoms with Gasteiger partial charge in [0.2, 0.25) is 0 Å². The number of fused-ring (bicyclic) bond motifs is 1. The lowest BCUT2D eigenvalue weighted by atomic mass is 9.92. The smallest absolute Gasteiger partial charge is 0.170 e. The second-order valence-electron chi connectivity index (χ2n) is 5.34. The van der Waals surface area contributed by atoms with Gasteiger partial charge in [0.1, 0.15) is 6.33 Å². The van der Waals surface area contributed by atoms with Crippen LogP contribution in [0.25, 0.3) is 0 Å². The highest BCUT2D eigenvalue weighted by atomic mass is 16.1. The number of carbonyl (C=O) groups excluding carboxylic acids is 1. The molecule has 1 aromatic heterocycles. The lowest BCUT2D eigenvalue weighted by Crippen LogP contribution is -2.51. The Hall–Kier alpha value is -1.53. The SMILES string of the molecule is N[C@@H]1CCC[C@H](NN2CCC(=O)c3cncnc32)C1. The average Bonchev–Trinajstić information content (AvgIpc) is 2.42. The Bertz CT molecular complexity index is 478. The summed E-state index contributed by atoms with van der Waals surface area (Å²) in [6.45, 7) is 0.661. The summed E-state index contributed by atoms with van der Waals surface area (Å²) in [7, 11) is 0. The Kier molecular flexibility index (Phi) is 3.44. The molecule has 6 nitrogen and oxygen atoms in total. The molecule has 0 bridgehead atoms. The number of Topliss-reactive ketones (excluding diaryl/α,β-unsaturated/α-hetero) is 1. The van der Waals surface area contributed by atoms with Crippen LogP contribution in [0.2, 0.25) is 0 Å². The lowest BCUT2D eigenvalue weighted by Gasteiger charge is -2.35. The van der Waals surface area contributed by atoms with Crippen molar-refractivity contribution in [2.45, 2.75) is 44.2 Å². The molecule has 1 aliphatic heterocycles. The van der Waals surface area contributed by atoms with Crippen LogP contribution < -0.4 is 16.2 Å². The van der Waals surface area contributed by atoms with E-state index in [0.29, 0.717) is 30.4 Å². The number of nitrogens with zero attached hydrogens (tertiary/aromatic N) is 3. The van der Waals surface area contributed by atoms with Crippen LogP contribution in [0.15, 0.2) is 12.5 Å². The number of nitrogens with two attached hydrogens (primary N) is 1. The molecule has 1 fully saturated rings. The first-order valence-electron chi connectivity index (χ1n) is 6.86. The molecule has 3 rings (SSSR count). The van der Waals surface area contributed by atoms with Crippen molar-refractivity contribution in [3.8, 4) is 0 Å². The standard InChI is InChI=1S/C13H19N5O/c14-9-2-1-3-10(6-9)17-18-5-4-12(19)11-7-15-8-16-13(11)18/h7-10,17H,1-6,14H2/t9-,10+/m1/s1. The van der Waals surface area contributed by atoms with Gasteiger partial charge < -0.3 is 5.73 Å². The summed E-state index contributed by atoms with van der Waals surface area (Å²) in [5.74, 6) is 0.819. The maximum absolute atomic E-state index is 11.8. The number of anilines is 1. The van der Waals surface area contributed by atoms with Crippen molar-refractivity contribution in [2.75, 3.05) is 11.6 Å². The van der Waals surface area contributed by atoms with Crippen LogP contribution in [0.3, 0.4) is 0 Å². The maximum Gasteiger partial charge on any atom is 0.170 e. The van der Waals surface area contributed by atoms with Crippen LogP contribution in [0.1, 0.15) is 42.5 Å². The molecule has 0 spiro atoms. The Balaban J connectivity index is 1.75. The molecule has 1 aliphatic carbocycles.